The lowest BCUT2D eigenvalue weighted by Gasteiger charge is -2.33. The van der Waals surface area contributed by atoms with Gasteiger partial charge in [-0.1, -0.05) is 0 Å². The van der Waals surface area contributed by atoms with E-state index in [1.54, 1.807) is 17.3 Å². The fraction of sp³-hybridized carbons (Fsp3) is 0.667. The third-order valence-corrected chi connectivity index (χ3v) is 5.41. The monoisotopic (exact) mass is 358 g/mol. The second kappa shape index (κ2) is 7.57. The van der Waals surface area contributed by atoms with Gasteiger partial charge in [-0.15, -0.1) is 0 Å². The highest BCUT2D eigenvalue weighted by molar-refractivity contribution is 5.95. The van der Waals surface area contributed by atoms with Gasteiger partial charge >= 0.3 is 0 Å². The van der Waals surface area contributed by atoms with Crippen molar-refractivity contribution in [1.29, 1.82) is 0 Å². The zero-order chi connectivity index (χ0) is 17.9. The van der Waals surface area contributed by atoms with Crippen molar-refractivity contribution in [3.05, 3.63) is 30.1 Å². The number of carbonyl (C=O) groups is 1. The van der Waals surface area contributed by atoms with E-state index in [1.807, 2.05) is 22.8 Å². The second-order valence-electron chi connectivity index (χ2n) is 7.37. The van der Waals surface area contributed by atoms with Crippen LogP contribution < -0.4 is 0 Å². The molecule has 2 saturated heterocycles. The quantitative estimate of drug-likeness (QED) is 0.827. The Morgan fingerprint density at radius 1 is 1.31 bits per heavy atom. The number of ether oxygens (including phenoxy) is 1. The summed E-state index contributed by atoms with van der Waals surface area (Å²) in [5.41, 5.74) is 1.71. The Balaban J connectivity index is 1.48. The molecule has 2 aliphatic heterocycles. The minimum Gasteiger partial charge on any atom is -0.381 e. The molecule has 0 aromatic carbocycles. The first kappa shape index (κ1) is 17.2. The van der Waals surface area contributed by atoms with Crippen LogP contribution in [-0.4, -0.2) is 61.7 Å². The summed E-state index contributed by atoms with van der Waals surface area (Å²) in [5, 5.41) is 8.82. The maximum Gasteiger partial charge on any atom is 0.257 e. The SMILES string of the molecule is Cn1cc(C(=O)N2CCCC(Cn3cncn3)C2)c(C2CCOCC2)n1. The number of aryl methyl sites for hydroxylation is 1. The van der Waals surface area contributed by atoms with Crippen LogP contribution in [0.25, 0.3) is 0 Å². The number of hydrogen-bond donors (Lipinski definition) is 0. The lowest BCUT2D eigenvalue weighted by molar-refractivity contribution is 0.0650. The molecule has 2 aromatic rings. The van der Waals surface area contributed by atoms with E-state index in [2.05, 4.69) is 15.2 Å². The van der Waals surface area contributed by atoms with Crippen LogP contribution in [0.1, 0.15) is 47.7 Å². The molecule has 26 heavy (non-hydrogen) atoms. The van der Waals surface area contributed by atoms with Gasteiger partial charge in [0.15, 0.2) is 0 Å². The zero-order valence-corrected chi connectivity index (χ0v) is 15.3. The molecule has 1 atom stereocenters. The molecule has 1 amide bonds. The smallest absolute Gasteiger partial charge is 0.257 e. The third-order valence-electron chi connectivity index (χ3n) is 5.41. The average Bonchev–Trinajstić information content (AvgIpc) is 3.31. The molecule has 2 aromatic heterocycles. The van der Waals surface area contributed by atoms with Crippen molar-refractivity contribution in [3.8, 4) is 0 Å². The largest absolute Gasteiger partial charge is 0.381 e. The summed E-state index contributed by atoms with van der Waals surface area (Å²) >= 11 is 0. The van der Waals surface area contributed by atoms with Crippen molar-refractivity contribution in [1.82, 2.24) is 29.4 Å². The van der Waals surface area contributed by atoms with E-state index in [9.17, 15) is 4.79 Å². The Labute approximate surface area is 153 Å². The second-order valence-corrected chi connectivity index (χ2v) is 7.37. The lowest BCUT2D eigenvalue weighted by atomic mass is 9.92. The summed E-state index contributed by atoms with van der Waals surface area (Å²) < 4.78 is 9.10. The van der Waals surface area contributed by atoms with Crippen molar-refractivity contribution < 1.29 is 9.53 Å². The number of amides is 1. The molecule has 1 unspecified atom stereocenters. The van der Waals surface area contributed by atoms with Crippen molar-refractivity contribution in [2.24, 2.45) is 13.0 Å². The number of nitrogens with zero attached hydrogens (tertiary/aromatic N) is 6. The predicted octanol–water partition coefficient (Wildman–Crippen LogP) is 1.46. The van der Waals surface area contributed by atoms with Gasteiger partial charge in [-0.3, -0.25) is 14.2 Å². The minimum absolute atomic E-state index is 0.114. The first-order chi connectivity index (χ1) is 12.7. The Morgan fingerprint density at radius 3 is 2.92 bits per heavy atom. The summed E-state index contributed by atoms with van der Waals surface area (Å²) in [6.45, 7) is 3.89. The van der Waals surface area contributed by atoms with Crippen LogP contribution in [-0.2, 0) is 18.3 Å². The molecule has 0 radical (unpaired) electrons. The van der Waals surface area contributed by atoms with Crippen LogP contribution in [0.5, 0.6) is 0 Å². The van der Waals surface area contributed by atoms with Gasteiger partial charge in [-0.05, 0) is 31.6 Å². The van der Waals surface area contributed by atoms with Gasteiger partial charge in [0.1, 0.15) is 12.7 Å². The predicted molar refractivity (Wildman–Crippen MR) is 94.7 cm³/mol. The number of rotatable bonds is 4. The maximum atomic E-state index is 13.2. The zero-order valence-electron chi connectivity index (χ0n) is 15.3. The lowest BCUT2D eigenvalue weighted by Crippen LogP contribution is -2.41. The van der Waals surface area contributed by atoms with Crippen LogP contribution >= 0.6 is 0 Å². The molecule has 8 nitrogen and oxygen atoms in total. The summed E-state index contributed by atoms with van der Waals surface area (Å²) in [7, 11) is 1.89. The molecule has 0 N–H and O–H groups in total. The standard InChI is InChI=1S/C18H26N6O2/c1-22-11-16(17(21-22)15-4-7-26-8-5-15)18(25)23-6-2-3-14(9-23)10-24-13-19-12-20-24/h11-15H,2-10H2,1H3. The van der Waals surface area contributed by atoms with Gasteiger partial charge in [-0.25, -0.2) is 4.98 Å². The van der Waals surface area contributed by atoms with Gasteiger partial charge in [0.05, 0.1) is 11.3 Å². The van der Waals surface area contributed by atoms with Gasteiger partial charge in [0, 0.05) is 52.0 Å². The van der Waals surface area contributed by atoms with Crippen LogP contribution in [0.2, 0.25) is 0 Å². The summed E-state index contributed by atoms with van der Waals surface area (Å²) in [6.07, 6.45) is 9.20. The number of piperidine rings is 1. The molecule has 0 spiro atoms. The molecule has 0 bridgehead atoms. The Bertz CT molecular complexity index is 735. The van der Waals surface area contributed by atoms with E-state index in [0.717, 1.165) is 69.8 Å². The highest BCUT2D eigenvalue weighted by Gasteiger charge is 2.30. The average molecular weight is 358 g/mol. The fourth-order valence-corrected chi connectivity index (χ4v) is 4.10. The first-order valence-electron chi connectivity index (χ1n) is 9.43. The highest BCUT2D eigenvalue weighted by Crippen LogP contribution is 2.30. The number of hydrogen-bond acceptors (Lipinski definition) is 5. The molecule has 4 heterocycles. The maximum absolute atomic E-state index is 13.2. The van der Waals surface area contributed by atoms with Crippen LogP contribution in [0.3, 0.4) is 0 Å². The molecule has 0 aliphatic carbocycles. The summed E-state index contributed by atoms with van der Waals surface area (Å²) in [5.74, 6) is 0.847. The Kier molecular flexibility index (Phi) is 5.01. The Morgan fingerprint density at radius 2 is 2.15 bits per heavy atom. The molecule has 8 heteroatoms. The summed E-state index contributed by atoms with van der Waals surface area (Å²) in [4.78, 5) is 19.2. The number of carbonyl (C=O) groups excluding carboxylic acids is 1. The molecular weight excluding hydrogens is 332 g/mol. The third kappa shape index (κ3) is 3.65. The normalized spacial score (nSPS) is 21.9. The molecule has 2 fully saturated rings. The Hall–Kier alpha value is -2.22. The van der Waals surface area contributed by atoms with E-state index in [-0.39, 0.29) is 5.91 Å². The number of aromatic nitrogens is 5. The minimum atomic E-state index is 0.114. The first-order valence-corrected chi connectivity index (χ1v) is 9.43. The number of likely N-dealkylation sites (tertiary alicyclic amines) is 1. The van der Waals surface area contributed by atoms with Crippen molar-refractivity contribution in [2.45, 2.75) is 38.1 Å². The van der Waals surface area contributed by atoms with Crippen molar-refractivity contribution >= 4 is 5.91 Å². The summed E-state index contributed by atoms with van der Waals surface area (Å²) in [6, 6.07) is 0. The fourth-order valence-electron chi connectivity index (χ4n) is 4.10. The molecule has 4 rings (SSSR count). The van der Waals surface area contributed by atoms with Gasteiger partial charge < -0.3 is 9.64 Å². The molecule has 140 valence electrons. The topological polar surface area (TPSA) is 78.1 Å². The van der Waals surface area contributed by atoms with E-state index in [0.29, 0.717) is 11.8 Å². The van der Waals surface area contributed by atoms with Crippen LogP contribution in [0, 0.1) is 5.92 Å². The molecule has 0 saturated carbocycles. The molecule has 2 aliphatic rings. The van der Waals surface area contributed by atoms with E-state index in [1.165, 1.54) is 0 Å². The van der Waals surface area contributed by atoms with Gasteiger partial charge in [0.25, 0.3) is 5.91 Å². The van der Waals surface area contributed by atoms with Gasteiger partial charge in [0.2, 0.25) is 0 Å². The van der Waals surface area contributed by atoms with E-state index in [4.69, 9.17) is 4.74 Å². The molecular formula is C18H26N6O2. The van der Waals surface area contributed by atoms with Crippen LogP contribution in [0.15, 0.2) is 18.9 Å². The van der Waals surface area contributed by atoms with Crippen molar-refractivity contribution in [3.63, 3.8) is 0 Å². The van der Waals surface area contributed by atoms with Gasteiger partial charge in [-0.2, -0.15) is 10.2 Å². The van der Waals surface area contributed by atoms with E-state index < -0.39 is 0 Å². The van der Waals surface area contributed by atoms with Crippen molar-refractivity contribution in [2.75, 3.05) is 26.3 Å². The highest BCUT2D eigenvalue weighted by atomic mass is 16.5. The van der Waals surface area contributed by atoms with E-state index >= 15 is 0 Å². The van der Waals surface area contributed by atoms with Crippen LogP contribution in [0.4, 0.5) is 0 Å².